The van der Waals surface area contributed by atoms with E-state index in [0.717, 1.165) is 45.3 Å². The van der Waals surface area contributed by atoms with Gasteiger partial charge in [-0.2, -0.15) is 0 Å². The second kappa shape index (κ2) is 11.5. The van der Waals surface area contributed by atoms with Gasteiger partial charge in [0.1, 0.15) is 0 Å². The van der Waals surface area contributed by atoms with E-state index >= 15 is 0 Å². The number of hydrogen-bond acceptors (Lipinski definition) is 3. The average molecular weight is 252 g/mol. The van der Waals surface area contributed by atoms with Crippen molar-refractivity contribution >= 4 is 8.56 Å². The summed E-state index contributed by atoms with van der Waals surface area (Å²) in [5.41, 5.74) is 0. The van der Waals surface area contributed by atoms with E-state index in [1.807, 2.05) is 13.8 Å². The van der Waals surface area contributed by atoms with Gasteiger partial charge in [0.25, 0.3) is 0 Å². The third-order valence-electron chi connectivity index (χ3n) is 2.17. The molecule has 0 fully saturated rings. The molecule has 100 valence electrons. The standard InChI is InChI=1S/C11H26O3Si.H2O/c1-5-9-12-10-8-11-15(4,13-6-2)14-7-3;/h5-11H2,1-4H3;1H2. The summed E-state index contributed by atoms with van der Waals surface area (Å²) in [5.74, 6) is 0. The Kier molecular flexibility index (Phi) is 13.3. The van der Waals surface area contributed by atoms with Crippen molar-refractivity contribution < 1.29 is 19.1 Å². The van der Waals surface area contributed by atoms with Crippen LogP contribution in [0.4, 0.5) is 0 Å². The molecule has 0 atom stereocenters. The number of rotatable bonds is 10. The van der Waals surface area contributed by atoms with Gasteiger partial charge in [-0.25, -0.2) is 0 Å². The highest BCUT2D eigenvalue weighted by Crippen LogP contribution is 2.15. The molecule has 0 aromatic rings. The molecule has 0 unspecified atom stereocenters. The molecule has 0 heterocycles. The lowest BCUT2D eigenvalue weighted by Crippen LogP contribution is -2.38. The Morgan fingerprint density at radius 2 is 1.50 bits per heavy atom. The first-order valence-corrected chi connectivity index (χ1v) is 8.56. The summed E-state index contributed by atoms with van der Waals surface area (Å²) in [7, 11) is -1.89. The lowest BCUT2D eigenvalue weighted by molar-refractivity contribution is 0.129. The minimum absolute atomic E-state index is 0. The monoisotopic (exact) mass is 252 g/mol. The molecule has 16 heavy (non-hydrogen) atoms. The minimum Gasteiger partial charge on any atom is -0.412 e. The van der Waals surface area contributed by atoms with E-state index in [1.54, 1.807) is 0 Å². The molecule has 0 radical (unpaired) electrons. The molecule has 0 aromatic heterocycles. The molecule has 0 aliphatic carbocycles. The van der Waals surface area contributed by atoms with Gasteiger partial charge in [0, 0.05) is 26.4 Å². The van der Waals surface area contributed by atoms with Crippen molar-refractivity contribution in [3.05, 3.63) is 0 Å². The second-order valence-electron chi connectivity index (χ2n) is 3.72. The fourth-order valence-electron chi connectivity index (χ4n) is 1.54. The summed E-state index contributed by atoms with van der Waals surface area (Å²) in [5, 5.41) is 0. The minimum atomic E-state index is -1.89. The topological polar surface area (TPSA) is 59.2 Å². The van der Waals surface area contributed by atoms with Crippen LogP contribution in [0.5, 0.6) is 0 Å². The maximum Gasteiger partial charge on any atom is 0.334 e. The summed E-state index contributed by atoms with van der Waals surface area (Å²) < 4.78 is 16.9. The molecule has 0 saturated carbocycles. The van der Waals surface area contributed by atoms with Gasteiger partial charge >= 0.3 is 8.56 Å². The molecular formula is C11H28O4Si. The molecule has 5 heteroatoms. The number of hydrogen-bond donors (Lipinski definition) is 0. The van der Waals surface area contributed by atoms with Crippen LogP contribution >= 0.6 is 0 Å². The van der Waals surface area contributed by atoms with E-state index in [0.29, 0.717) is 0 Å². The zero-order chi connectivity index (χ0) is 11.6. The highest BCUT2D eigenvalue weighted by molar-refractivity contribution is 6.66. The van der Waals surface area contributed by atoms with Gasteiger partial charge < -0.3 is 19.1 Å². The number of ether oxygens (including phenoxy) is 1. The molecule has 4 nitrogen and oxygen atoms in total. The summed E-state index contributed by atoms with van der Waals surface area (Å²) in [6, 6.07) is 1.03. The fraction of sp³-hybridized carbons (Fsp3) is 1.00. The molecular weight excluding hydrogens is 224 g/mol. The molecule has 0 aliphatic heterocycles. The average Bonchev–Trinajstić information content (AvgIpc) is 2.18. The zero-order valence-electron chi connectivity index (χ0n) is 11.2. The maximum atomic E-state index is 5.74. The van der Waals surface area contributed by atoms with Crippen LogP contribution in [-0.4, -0.2) is 40.5 Å². The molecule has 0 amide bonds. The van der Waals surface area contributed by atoms with Gasteiger partial charge in [0.05, 0.1) is 0 Å². The first kappa shape index (κ1) is 18.4. The predicted molar refractivity (Wildman–Crippen MR) is 69.0 cm³/mol. The van der Waals surface area contributed by atoms with E-state index in [1.165, 1.54) is 0 Å². The third kappa shape index (κ3) is 9.29. The Bertz CT molecular complexity index is 138. The van der Waals surface area contributed by atoms with Crippen LogP contribution < -0.4 is 0 Å². The summed E-state index contributed by atoms with van der Waals surface area (Å²) >= 11 is 0. The normalized spacial score (nSPS) is 11.2. The van der Waals surface area contributed by atoms with Crippen LogP contribution in [0.1, 0.15) is 33.6 Å². The first-order chi connectivity index (χ1) is 7.18. The van der Waals surface area contributed by atoms with Crippen molar-refractivity contribution in [2.45, 2.75) is 46.2 Å². The van der Waals surface area contributed by atoms with Gasteiger partial charge in [-0.15, -0.1) is 0 Å². The van der Waals surface area contributed by atoms with Gasteiger partial charge in [-0.1, -0.05) is 6.92 Å². The van der Waals surface area contributed by atoms with Gasteiger partial charge in [-0.3, -0.25) is 0 Å². The second-order valence-corrected chi connectivity index (χ2v) is 7.06. The van der Waals surface area contributed by atoms with Crippen LogP contribution in [0.2, 0.25) is 12.6 Å². The molecule has 0 saturated heterocycles. The van der Waals surface area contributed by atoms with E-state index in [2.05, 4.69) is 13.5 Å². The molecule has 0 bridgehead atoms. The summed E-state index contributed by atoms with van der Waals surface area (Å²) in [6.07, 6.45) is 2.13. The van der Waals surface area contributed by atoms with Crippen LogP contribution in [0.15, 0.2) is 0 Å². The van der Waals surface area contributed by atoms with Crippen molar-refractivity contribution in [1.82, 2.24) is 0 Å². The van der Waals surface area contributed by atoms with Crippen molar-refractivity contribution in [2.75, 3.05) is 26.4 Å². The quantitative estimate of drug-likeness (QED) is 0.442. The van der Waals surface area contributed by atoms with Crippen molar-refractivity contribution in [1.29, 1.82) is 0 Å². The molecule has 0 spiro atoms. The van der Waals surface area contributed by atoms with E-state index in [9.17, 15) is 0 Å². The highest BCUT2D eigenvalue weighted by atomic mass is 28.4. The lowest BCUT2D eigenvalue weighted by atomic mass is 10.5. The Labute approximate surface area is 101 Å². The largest absolute Gasteiger partial charge is 0.412 e. The van der Waals surface area contributed by atoms with Crippen LogP contribution in [0, 0.1) is 0 Å². The maximum absolute atomic E-state index is 5.74. The van der Waals surface area contributed by atoms with Gasteiger partial charge in [-0.05, 0) is 39.3 Å². The van der Waals surface area contributed by atoms with E-state index in [4.69, 9.17) is 13.6 Å². The summed E-state index contributed by atoms with van der Waals surface area (Å²) in [6.45, 7) is 11.5. The third-order valence-corrected chi connectivity index (χ3v) is 5.23. The van der Waals surface area contributed by atoms with E-state index < -0.39 is 8.56 Å². The fourth-order valence-corrected chi connectivity index (χ4v) is 3.92. The van der Waals surface area contributed by atoms with Crippen LogP contribution in [0.25, 0.3) is 0 Å². The lowest BCUT2D eigenvalue weighted by Gasteiger charge is -2.25. The van der Waals surface area contributed by atoms with Crippen molar-refractivity contribution in [3.63, 3.8) is 0 Å². The zero-order valence-corrected chi connectivity index (χ0v) is 12.2. The van der Waals surface area contributed by atoms with Crippen LogP contribution in [-0.2, 0) is 13.6 Å². The van der Waals surface area contributed by atoms with Crippen molar-refractivity contribution in [2.24, 2.45) is 0 Å². The highest BCUT2D eigenvalue weighted by Gasteiger charge is 2.29. The van der Waals surface area contributed by atoms with Crippen LogP contribution in [0.3, 0.4) is 0 Å². The molecule has 0 rings (SSSR count). The molecule has 0 aromatic carbocycles. The molecule has 0 aliphatic rings. The predicted octanol–water partition coefficient (Wildman–Crippen LogP) is 2.12. The molecule has 2 N–H and O–H groups in total. The van der Waals surface area contributed by atoms with Gasteiger partial charge in [0.15, 0.2) is 0 Å². The first-order valence-electron chi connectivity index (χ1n) is 6.04. The SMILES string of the molecule is CCCOCCC[Si](C)(OCC)OCC.O. The smallest absolute Gasteiger partial charge is 0.334 e. The Morgan fingerprint density at radius 3 is 1.94 bits per heavy atom. The summed E-state index contributed by atoms with van der Waals surface area (Å²) in [4.78, 5) is 0. The van der Waals surface area contributed by atoms with Crippen molar-refractivity contribution in [3.8, 4) is 0 Å². The van der Waals surface area contributed by atoms with Gasteiger partial charge in [0.2, 0.25) is 0 Å². The Hall–Kier alpha value is 0.0569. The Morgan fingerprint density at radius 1 is 0.938 bits per heavy atom. The Balaban J connectivity index is 0. The van der Waals surface area contributed by atoms with E-state index in [-0.39, 0.29) is 5.48 Å².